The number of ketones is 2. The van der Waals surface area contributed by atoms with Crippen LogP contribution in [0.4, 0.5) is 0 Å². The number of phenols is 1. The van der Waals surface area contributed by atoms with E-state index in [9.17, 15) is 39.9 Å². The number of aromatic hydroxyl groups is 1. The maximum Gasteiger partial charge on any atom is 0.255 e. The van der Waals surface area contributed by atoms with Crippen molar-refractivity contribution in [1.29, 1.82) is 0 Å². The van der Waals surface area contributed by atoms with Crippen LogP contribution in [0.2, 0.25) is 0 Å². The van der Waals surface area contributed by atoms with Crippen molar-refractivity contribution in [3.05, 3.63) is 45.7 Å². The second-order valence-corrected chi connectivity index (χ2v) is 12.0. The topological polar surface area (TPSA) is 182 Å². The lowest BCUT2D eigenvalue weighted by Crippen LogP contribution is -2.70. The Morgan fingerprint density at radius 2 is 1.77 bits per heavy atom. The second kappa shape index (κ2) is 9.46. The number of nitrogens with zero attached hydrogens (tertiary/aromatic N) is 1. The number of hydrogen-bond acceptors (Lipinski definition) is 9. The van der Waals surface area contributed by atoms with E-state index in [4.69, 9.17) is 5.73 Å². The standard InChI is InChI=1S/C29H38N2O8/c1-7-8-11-28(3,4)14-10-9-13-12(2)15-17(22(33)16(13)21(14)32)25(36)29(39)19(23(15)34)20(31(5)6)24(35)18(26(29)37)27(30)38/h9-10,12,15,19-20,23,32-34,37,39H,7-8,11H2,1-6H3,(H2,30,38). The van der Waals surface area contributed by atoms with Gasteiger partial charge in [-0.2, -0.15) is 0 Å². The van der Waals surface area contributed by atoms with Crippen LogP contribution >= 0.6 is 0 Å². The summed E-state index contributed by atoms with van der Waals surface area (Å²) < 4.78 is 0. The Labute approximate surface area is 227 Å². The summed E-state index contributed by atoms with van der Waals surface area (Å²) >= 11 is 0. The minimum atomic E-state index is -2.92. The lowest BCUT2D eigenvalue weighted by atomic mass is 9.54. The summed E-state index contributed by atoms with van der Waals surface area (Å²) in [6.07, 6.45) is 1.02. The molecule has 1 fully saturated rings. The number of aliphatic hydroxyl groups is 4. The zero-order valence-electron chi connectivity index (χ0n) is 23.1. The van der Waals surface area contributed by atoms with Gasteiger partial charge in [-0.1, -0.05) is 52.7 Å². The number of Topliss-reactive ketones (excluding diaryl/α,β-unsaturated/α-hetero) is 2. The molecule has 0 bridgehead atoms. The van der Waals surface area contributed by atoms with E-state index in [1.807, 2.05) is 13.8 Å². The van der Waals surface area contributed by atoms with Gasteiger partial charge in [-0.15, -0.1) is 0 Å². The Hall–Kier alpha value is -3.21. The summed E-state index contributed by atoms with van der Waals surface area (Å²) in [4.78, 5) is 40.8. The van der Waals surface area contributed by atoms with Crippen LogP contribution in [0.1, 0.15) is 69.6 Å². The average molecular weight is 543 g/mol. The fourth-order valence-corrected chi connectivity index (χ4v) is 6.92. The van der Waals surface area contributed by atoms with Gasteiger partial charge in [0.15, 0.2) is 11.4 Å². The second-order valence-electron chi connectivity index (χ2n) is 12.0. The first-order valence-corrected chi connectivity index (χ1v) is 13.2. The highest BCUT2D eigenvalue weighted by atomic mass is 16.4. The van der Waals surface area contributed by atoms with Gasteiger partial charge in [-0.25, -0.2) is 0 Å². The fraction of sp³-hybridized carbons (Fsp3) is 0.552. The summed E-state index contributed by atoms with van der Waals surface area (Å²) in [5.74, 6) is -8.78. The Bertz CT molecular complexity index is 1330. The van der Waals surface area contributed by atoms with Crippen molar-refractivity contribution in [3.63, 3.8) is 0 Å². The van der Waals surface area contributed by atoms with Crippen LogP contribution in [0.25, 0.3) is 5.76 Å². The van der Waals surface area contributed by atoms with Gasteiger partial charge in [0.25, 0.3) is 5.91 Å². The zero-order valence-corrected chi connectivity index (χ0v) is 23.1. The van der Waals surface area contributed by atoms with Crippen molar-refractivity contribution in [2.24, 2.45) is 17.6 Å². The van der Waals surface area contributed by atoms with Crippen LogP contribution in [0.3, 0.4) is 0 Å². The van der Waals surface area contributed by atoms with Crippen molar-refractivity contribution >= 4 is 23.2 Å². The number of aliphatic hydroxyl groups excluding tert-OH is 3. The van der Waals surface area contributed by atoms with Gasteiger partial charge in [0.1, 0.15) is 22.8 Å². The average Bonchev–Trinajstić information content (AvgIpc) is 2.84. The molecule has 0 saturated heterocycles. The predicted octanol–water partition coefficient (Wildman–Crippen LogP) is 1.96. The maximum atomic E-state index is 14.1. The van der Waals surface area contributed by atoms with Gasteiger partial charge in [-0.05, 0) is 37.4 Å². The van der Waals surface area contributed by atoms with Crippen LogP contribution in [-0.2, 0) is 19.8 Å². The van der Waals surface area contributed by atoms with Crippen LogP contribution in [-0.4, -0.2) is 79.7 Å². The minimum Gasteiger partial charge on any atom is -0.508 e. The highest BCUT2D eigenvalue weighted by molar-refractivity contribution is 6.24. The van der Waals surface area contributed by atoms with E-state index in [1.165, 1.54) is 19.0 Å². The van der Waals surface area contributed by atoms with E-state index in [0.717, 1.165) is 19.3 Å². The van der Waals surface area contributed by atoms with Crippen molar-refractivity contribution in [3.8, 4) is 5.75 Å². The molecule has 1 amide bonds. The van der Waals surface area contributed by atoms with Gasteiger partial charge in [0, 0.05) is 17.1 Å². The largest absolute Gasteiger partial charge is 0.508 e. The SMILES string of the molecule is CCCCC(C)(C)c1ccc2c(c1O)C(O)=C1C(=O)C3(O)C(O)=C(C(N)=O)C(=O)C(N(C)C)C3C(O)C1C2C. The van der Waals surface area contributed by atoms with E-state index in [1.54, 1.807) is 19.1 Å². The number of fused-ring (bicyclic) bond motifs is 3. The molecule has 0 radical (unpaired) electrons. The molecule has 6 unspecified atom stereocenters. The number of amides is 1. The number of nitrogens with two attached hydrogens (primary N) is 1. The molecule has 0 heterocycles. The Morgan fingerprint density at radius 3 is 2.31 bits per heavy atom. The Kier molecular flexibility index (Phi) is 6.99. The first-order chi connectivity index (χ1) is 18.0. The molecule has 0 spiro atoms. The maximum absolute atomic E-state index is 14.1. The summed E-state index contributed by atoms with van der Waals surface area (Å²) in [5, 5.41) is 57.4. The number of rotatable bonds is 6. The van der Waals surface area contributed by atoms with E-state index in [-0.39, 0.29) is 16.9 Å². The minimum absolute atomic E-state index is 0.0214. The Balaban J connectivity index is 2.00. The highest BCUT2D eigenvalue weighted by Gasteiger charge is 2.68. The molecule has 1 saturated carbocycles. The molecule has 10 nitrogen and oxygen atoms in total. The molecule has 6 atom stereocenters. The van der Waals surface area contributed by atoms with Crippen molar-refractivity contribution < 1.29 is 39.9 Å². The first-order valence-electron chi connectivity index (χ1n) is 13.2. The van der Waals surface area contributed by atoms with Crippen molar-refractivity contribution in [2.45, 2.75) is 76.0 Å². The quantitative estimate of drug-likeness (QED) is 0.293. The zero-order chi connectivity index (χ0) is 29.4. The number of carbonyl (C=O) groups is 3. The van der Waals surface area contributed by atoms with E-state index in [2.05, 4.69) is 6.92 Å². The number of phenolic OH excluding ortho intramolecular Hbond substituents is 1. The third-order valence-corrected chi connectivity index (χ3v) is 9.01. The molecule has 10 heteroatoms. The van der Waals surface area contributed by atoms with Crippen LogP contribution in [0.5, 0.6) is 5.75 Å². The molecular weight excluding hydrogens is 504 g/mol. The summed E-state index contributed by atoms with van der Waals surface area (Å²) in [6, 6.07) is 2.16. The van der Waals surface area contributed by atoms with Gasteiger partial charge in [0.2, 0.25) is 5.78 Å². The van der Waals surface area contributed by atoms with Gasteiger partial charge < -0.3 is 31.3 Å². The molecule has 1 aromatic rings. The summed E-state index contributed by atoms with van der Waals surface area (Å²) in [7, 11) is 2.95. The molecule has 0 aromatic heterocycles. The number of likely N-dealkylation sites (N-methyl/N-ethyl adjacent to an activating group) is 1. The van der Waals surface area contributed by atoms with Crippen LogP contribution in [0, 0.1) is 11.8 Å². The summed E-state index contributed by atoms with van der Waals surface area (Å²) in [6.45, 7) is 7.73. The molecule has 4 rings (SSSR count). The van der Waals surface area contributed by atoms with Crippen LogP contribution in [0.15, 0.2) is 29.0 Å². The van der Waals surface area contributed by atoms with E-state index in [0.29, 0.717) is 11.1 Å². The lowest BCUT2D eigenvalue weighted by Gasteiger charge is -2.53. The molecule has 1 aromatic carbocycles. The van der Waals surface area contributed by atoms with Crippen LogP contribution < -0.4 is 5.73 Å². The molecule has 39 heavy (non-hydrogen) atoms. The predicted molar refractivity (Wildman–Crippen MR) is 143 cm³/mol. The number of benzene rings is 1. The molecule has 3 aliphatic rings. The normalized spacial score (nSPS) is 30.8. The lowest BCUT2D eigenvalue weighted by molar-refractivity contribution is -0.169. The van der Waals surface area contributed by atoms with Gasteiger partial charge in [0.05, 0.1) is 23.6 Å². The molecule has 3 aliphatic carbocycles. The number of carbonyl (C=O) groups excluding carboxylic acids is 3. The third-order valence-electron chi connectivity index (χ3n) is 9.01. The summed E-state index contributed by atoms with van der Waals surface area (Å²) in [5.41, 5.74) is 1.74. The van der Waals surface area contributed by atoms with E-state index >= 15 is 0 Å². The van der Waals surface area contributed by atoms with Gasteiger partial charge >= 0.3 is 0 Å². The molecule has 212 valence electrons. The molecule has 7 N–H and O–H groups in total. The van der Waals surface area contributed by atoms with E-state index < -0.39 is 75.5 Å². The third kappa shape index (κ3) is 3.83. The van der Waals surface area contributed by atoms with Crippen molar-refractivity contribution in [1.82, 2.24) is 4.90 Å². The fourth-order valence-electron chi connectivity index (χ4n) is 6.92. The van der Waals surface area contributed by atoms with Gasteiger partial charge in [-0.3, -0.25) is 19.3 Å². The molecule has 0 aliphatic heterocycles. The Morgan fingerprint density at radius 1 is 1.15 bits per heavy atom. The monoisotopic (exact) mass is 542 g/mol. The van der Waals surface area contributed by atoms with Crippen molar-refractivity contribution in [2.75, 3.05) is 14.1 Å². The highest BCUT2D eigenvalue weighted by Crippen LogP contribution is 2.57. The number of hydrogen-bond donors (Lipinski definition) is 6. The molecular formula is C29H38N2O8. The smallest absolute Gasteiger partial charge is 0.255 e. The first kappa shape index (κ1) is 28.8. The number of unbranched alkanes of at least 4 members (excludes halogenated alkanes) is 1. The number of primary amides is 1.